The summed E-state index contributed by atoms with van der Waals surface area (Å²) in [5.41, 5.74) is 4.86. The minimum absolute atomic E-state index is 0.0384. The van der Waals surface area contributed by atoms with Crippen molar-refractivity contribution in [2.45, 2.75) is 103 Å². The number of aromatic nitrogens is 2. The standard InChI is InChI=1S/C43H56N4O4S/c1-28(40-19-34(27-52-40)35-13-9-8-12-33(35)26-44-3)45-42-36-20-38(49-4)39(21-37(36)46-29(2)47-42)50-14-10-6-5-7-11-15-51-41(48)25-43-22-30-16-31(23-43)18-32(17-30)24-43/h8-9,12-13,19-21,27-28,30-32,44H,5-7,10-11,14-18,22-26H2,1-4H3,(H,45,46,47)/t28-,30?,31?,32?,43?/m0/s1. The fourth-order valence-corrected chi connectivity index (χ4v) is 10.7. The summed E-state index contributed by atoms with van der Waals surface area (Å²) < 4.78 is 17.7. The summed E-state index contributed by atoms with van der Waals surface area (Å²) in [5, 5.41) is 10.1. The number of thiophene rings is 1. The molecule has 8 nitrogen and oxygen atoms in total. The Balaban J connectivity index is 0.866. The zero-order chi connectivity index (χ0) is 36.1. The van der Waals surface area contributed by atoms with E-state index in [1.807, 2.05) is 26.1 Å². The molecule has 0 saturated heterocycles. The second-order valence-electron chi connectivity index (χ2n) is 15.9. The number of rotatable bonds is 18. The Labute approximate surface area is 313 Å². The van der Waals surface area contributed by atoms with Crippen LogP contribution >= 0.6 is 11.3 Å². The molecule has 4 saturated carbocycles. The van der Waals surface area contributed by atoms with E-state index in [0.29, 0.717) is 37.0 Å². The van der Waals surface area contributed by atoms with Crippen molar-refractivity contribution in [3.05, 3.63) is 64.1 Å². The third-order valence-corrected chi connectivity index (χ3v) is 12.8. The van der Waals surface area contributed by atoms with Crippen molar-refractivity contribution in [3.63, 3.8) is 0 Å². The van der Waals surface area contributed by atoms with Crippen LogP contribution in [0, 0.1) is 30.1 Å². The predicted octanol–water partition coefficient (Wildman–Crippen LogP) is 10.0. The maximum atomic E-state index is 12.7. The average Bonchev–Trinajstić information content (AvgIpc) is 3.61. The molecule has 4 aliphatic carbocycles. The first-order chi connectivity index (χ1) is 25.3. The molecule has 2 N–H and O–H groups in total. The molecule has 2 aromatic carbocycles. The first kappa shape index (κ1) is 36.7. The number of unbranched alkanes of at least 4 members (excludes halogenated alkanes) is 4. The minimum atomic E-state index is 0.0384. The number of nitrogens with one attached hydrogen (secondary N) is 2. The quantitative estimate of drug-likeness (QED) is 0.0774. The second kappa shape index (κ2) is 16.5. The van der Waals surface area contributed by atoms with Crippen LogP contribution in [-0.4, -0.2) is 43.3 Å². The smallest absolute Gasteiger partial charge is 0.306 e. The molecule has 0 aliphatic heterocycles. The predicted molar refractivity (Wildman–Crippen MR) is 210 cm³/mol. The number of methoxy groups -OCH3 is 1. The summed E-state index contributed by atoms with van der Waals surface area (Å²) in [6, 6.07) is 14.8. The molecule has 0 spiro atoms. The minimum Gasteiger partial charge on any atom is -0.493 e. The molecule has 2 aromatic heterocycles. The number of nitrogens with zero attached hydrogens (tertiary/aromatic N) is 2. The van der Waals surface area contributed by atoms with E-state index in [1.54, 1.807) is 18.4 Å². The van der Waals surface area contributed by atoms with Gasteiger partial charge in [-0.2, -0.15) is 0 Å². The van der Waals surface area contributed by atoms with Crippen LogP contribution < -0.4 is 20.1 Å². The van der Waals surface area contributed by atoms with Crippen LogP contribution in [0.4, 0.5) is 5.82 Å². The van der Waals surface area contributed by atoms with Crippen LogP contribution in [0.5, 0.6) is 11.5 Å². The third-order valence-electron chi connectivity index (χ3n) is 11.7. The summed E-state index contributed by atoms with van der Waals surface area (Å²) in [6.07, 6.45) is 13.8. The molecule has 4 aromatic rings. The van der Waals surface area contributed by atoms with Crippen molar-refractivity contribution in [3.8, 4) is 22.6 Å². The highest BCUT2D eigenvalue weighted by molar-refractivity contribution is 7.10. The van der Waals surface area contributed by atoms with E-state index < -0.39 is 0 Å². The maximum Gasteiger partial charge on any atom is 0.306 e. The van der Waals surface area contributed by atoms with E-state index in [-0.39, 0.29) is 17.4 Å². The highest BCUT2D eigenvalue weighted by Gasteiger charge is 2.51. The molecule has 8 rings (SSSR count). The van der Waals surface area contributed by atoms with Gasteiger partial charge < -0.3 is 24.8 Å². The van der Waals surface area contributed by atoms with Crippen LogP contribution in [0.3, 0.4) is 0 Å². The van der Waals surface area contributed by atoms with Crippen LogP contribution in [0.15, 0.2) is 47.8 Å². The Morgan fingerprint density at radius 3 is 2.38 bits per heavy atom. The highest BCUT2D eigenvalue weighted by atomic mass is 32.1. The molecule has 0 radical (unpaired) electrons. The van der Waals surface area contributed by atoms with Crippen LogP contribution in [0.2, 0.25) is 0 Å². The van der Waals surface area contributed by atoms with Gasteiger partial charge >= 0.3 is 5.97 Å². The van der Waals surface area contributed by atoms with Crippen molar-refractivity contribution >= 4 is 34.0 Å². The van der Waals surface area contributed by atoms with E-state index in [1.165, 1.54) is 60.1 Å². The number of carbonyl (C=O) groups excluding carboxylic acids is 1. The lowest BCUT2D eigenvalue weighted by atomic mass is 9.49. The lowest BCUT2D eigenvalue weighted by Crippen LogP contribution is -2.47. The van der Waals surface area contributed by atoms with E-state index in [4.69, 9.17) is 24.2 Å². The van der Waals surface area contributed by atoms with Crippen molar-refractivity contribution in [1.29, 1.82) is 0 Å². The van der Waals surface area contributed by atoms with Gasteiger partial charge in [0.2, 0.25) is 0 Å². The summed E-state index contributed by atoms with van der Waals surface area (Å²) in [5.74, 6) is 5.50. The molecular weight excluding hydrogens is 669 g/mol. The van der Waals surface area contributed by atoms with Crippen molar-refractivity contribution < 1.29 is 19.0 Å². The molecule has 278 valence electrons. The maximum absolute atomic E-state index is 12.7. The second-order valence-corrected chi connectivity index (χ2v) is 16.8. The fraction of sp³-hybridized carbons (Fsp3) is 0.558. The number of hydrogen-bond acceptors (Lipinski definition) is 9. The number of aryl methyl sites for hydroxylation is 1. The van der Waals surface area contributed by atoms with E-state index in [2.05, 4.69) is 53.3 Å². The van der Waals surface area contributed by atoms with Gasteiger partial charge in [-0.3, -0.25) is 4.79 Å². The molecule has 1 atom stereocenters. The summed E-state index contributed by atoms with van der Waals surface area (Å²) in [4.78, 5) is 23.5. The van der Waals surface area contributed by atoms with E-state index >= 15 is 0 Å². The number of ether oxygens (including phenoxy) is 3. The Morgan fingerprint density at radius 1 is 0.942 bits per heavy atom. The molecule has 9 heteroatoms. The largest absolute Gasteiger partial charge is 0.493 e. The topological polar surface area (TPSA) is 94.6 Å². The third kappa shape index (κ3) is 8.57. The zero-order valence-electron chi connectivity index (χ0n) is 31.5. The van der Waals surface area contributed by atoms with Gasteiger partial charge in [0.25, 0.3) is 0 Å². The first-order valence-electron chi connectivity index (χ1n) is 19.5. The van der Waals surface area contributed by atoms with Crippen LogP contribution in [0.25, 0.3) is 22.0 Å². The fourth-order valence-electron chi connectivity index (χ4n) is 9.75. The number of anilines is 1. The van der Waals surface area contributed by atoms with Crippen molar-refractivity contribution in [2.75, 3.05) is 32.7 Å². The summed E-state index contributed by atoms with van der Waals surface area (Å²) in [7, 11) is 3.65. The van der Waals surface area contributed by atoms with E-state index in [0.717, 1.165) is 73.1 Å². The van der Waals surface area contributed by atoms with Gasteiger partial charge in [-0.1, -0.05) is 43.5 Å². The molecule has 4 fully saturated rings. The molecule has 2 heterocycles. The van der Waals surface area contributed by atoms with Crippen molar-refractivity contribution in [2.24, 2.45) is 23.2 Å². The highest BCUT2D eigenvalue weighted by Crippen LogP contribution is 2.61. The molecule has 4 aliphatic rings. The van der Waals surface area contributed by atoms with Crippen LogP contribution in [0.1, 0.15) is 106 Å². The Morgan fingerprint density at radius 2 is 1.65 bits per heavy atom. The Hall–Kier alpha value is -3.69. The zero-order valence-corrected chi connectivity index (χ0v) is 32.3. The molecular formula is C43H56N4O4S. The van der Waals surface area contributed by atoms with E-state index in [9.17, 15) is 4.79 Å². The monoisotopic (exact) mass is 724 g/mol. The van der Waals surface area contributed by atoms with Gasteiger partial charge in [0.15, 0.2) is 11.5 Å². The number of hydrogen-bond donors (Lipinski definition) is 2. The average molecular weight is 725 g/mol. The molecule has 0 unspecified atom stereocenters. The number of benzene rings is 2. The SMILES string of the molecule is CNCc1ccccc1-c1csc([C@H](C)Nc2nc(C)nc3cc(OCCCCCCCOC(=O)CC45CC6CC(CC(C6)C4)C5)c(OC)cc23)c1. The summed E-state index contributed by atoms with van der Waals surface area (Å²) in [6.45, 7) is 6.07. The first-order valence-corrected chi connectivity index (χ1v) is 20.4. The van der Waals surface area contributed by atoms with Gasteiger partial charge in [0, 0.05) is 22.9 Å². The number of esters is 1. The van der Waals surface area contributed by atoms with Gasteiger partial charge in [0.05, 0.1) is 38.3 Å². The Bertz CT molecular complexity index is 1800. The van der Waals surface area contributed by atoms with Gasteiger partial charge in [0.1, 0.15) is 11.6 Å². The molecule has 52 heavy (non-hydrogen) atoms. The summed E-state index contributed by atoms with van der Waals surface area (Å²) >= 11 is 1.76. The lowest BCUT2D eigenvalue weighted by Gasteiger charge is -2.56. The molecule has 4 bridgehead atoms. The van der Waals surface area contributed by atoms with Gasteiger partial charge in [-0.25, -0.2) is 9.97 Å². The Kier molecular flexibility index (Phi) is 11.7. The van der Waals surface area contributed by atoms with Gasteiger partial charge in [-0.15, -0.1) is 11.3 Å². The normalized spacial score (nSPS) is 22.4. The van der Waals surface area contributed by atoms with Crippen LogP contribution in [-0.2, 0) is 16.1 Å². The lowest BCUT2D eigenvalue weighted by molar-refractivity contribution is -0.152. The van der Waals surface area contributed by atoms with Crippen molar-refractivity contribution in [1.82, 2.24) is 15.3 Å². The number of fused-ring (bicyclic) bond motifs is 1. The molecule has 0 amide bonds. The van der Waals surface area contributed by atoms with Gasteiger partial charge in [-0.05, 0) is 130 Å². The number of carbonyl (C=O) groups is 1.